The van der Waals surface area contributed by atoms with Crippen LogP contribution in [0.5, 0.6) is 17.2 Å². The first kappa shape index (κ1) is 18.7. The maximum Gasteiger partial charge on any atom is 0.251 e. The molecule has 0 saturated carbocycles. The first-order chi connectivity index (χ1) is 13.2. The first-order valence-corrected chi connectivity index (χ1v) is 9.34. The van der Waals surface area contributed by atoms with E-state index in [0.717, 1.165) is 17.2 Å². The smallest absolute Gasteiger partial charge is 0.251 e. The van der Waals surface area contributed by atoms with Crippen molar-refractivity contribution in [3.8, 4) is 17.2 Å². The summed E-state index contributed by atoms with van der Waals surface area (Å²) in [6.45, 7) is 1.15. The molecule has 140 valence electrons. The highest BCUT2D eigenvalue weighted by molar-refractivity contribution is 7.07. The molecule has 0 radical (unpaired) electrons. The van der Waals surface area contributed by atoms with Gasteiger partial charge in [0.25, 0.3) is 5.91 Å². The van der Waals surface area contributed by atoms with Crippen molar-refractivity contribution in [2.24, 2.45) is 0 Å². The summed E-state index contributed by atoms with van der Waals surface area (Å²) in [4.78, 5) is 16.4. The molecule has 0 aliphatic rings. The van der Waals surface area contributed by atoms with Crippen LogP contribution in [0.4, 0.5) is 0 Å². The number of aromatic nitrogens is 1. The molecular weight excluding hydrogens is 364 g/mol. The Kier molecular flexibility index (Phi) is 6.65. The summed E-state index contributed by atoms with van der Waals surface area (Å²) in [5, 5.41) is 4.76. The zero-order chi connectivity index (χ0) is 18.9. The van der Waals surface area contributed by atoms with Crippen LogP contribution in [0.1, 0.15) is 16.1 Å². The molecule has 0 aliphatic heterocycles. The van der Waals surface area contributed by atoms with Crippen molar-refractivity contribution < 1.29 is 19.0 Å². The van der Waals surface area contributed by atoms with Gasteiger partial charge in [-0.1, -0.05) is 6.07 Å². The molecule has 0 unspecified atom stereocenters. The van der Waals surface area contributed by atoms with Gasteiger partial charge < -0.3 is 19.5 Å². The summed E-state index contributed by atoms with van der Waals surface area (Å²) < 4.78 is 16.4. The van der Waals surface area contributed by atoms with E-state index < -0.39 is 0 Å². The highest BCUT2D eigenvalue weighted by Gasteiger charge is 2.07. The lowest BCUT2D eigenvalue weighted by Crippen LogP contribution is -2.28. The molecule has 2 aromatic carbocycles. The number of benzene rings is 2. The largest absolute Gasteiger partial charge is 0.497 e. The third-order valence-corrected chi connectivity index (χ3v) is 4.32. The van der Waals surface area contributed by atoms with Crippen molar-refractivity contribution >= 4 is 17.2 Å². The van der Waals surface area contributed by atoms with Gasteiger partial charge in [0.2, 0.25) is 0 Å². The monoisotopic (exact) mass is 384 g/mol. The summed E-state index contributed by atoms with van der Waals surface area (Å²) in [7, 11) is 1.62. The van der Waals surface area contributed by atoms with Crippen LogP contribution < -0.4 is 19.5 Å². The van der Waals surface area contributed by atoms with E-state index in [1.807, 2.05) is 35.7 Å². The number of thiazole rings is 1. The van der Waals surface area contributed by atoms with Crippen molar-refractivity contribution in [3.63, 3.8) is 0 Å². The van der Waals surface area contributed by atoms with Gasteiger partial charge in [-0.15, -0.1) is 11.3 Å². The van der Waals surface area contributed by atoms with Gasteiger partial charge in [-0.3, -0.25) is 4.79 Å². The Morgan fingerprint density at radius 2 is 1.89 bits per heavy atom. The van der Waals surface area contributed by atoms with Crippen LogP contribution in [0, 0.1) is 0 Å². The summed E-state index contributed by atoms with van der Waals surface area (Å²) in [6, 6.07) is 14.4. The molecule has 0 saturated heterocycles. The third-order valence-electron chi connectivity index (χ3n) is 3.68. The lowest BCUT2D eigenvalue weighted by Gasteiger charge is -2.09. The van der Waals surface area contributed by atoms with Gasteiger partial charge in [-0.05, 0) is 42.5 Å². The fraction of sp³-hybridized carbons (Fsp3) is 0.200. The van der Waals surface area contributed by atoms with E-state index in [-0.39, 0.29) is 5.91 Å². The SMILES string of the molecule is COc1ccc(OCCNC(=O)c2cccc(OCc3cscn3)c2)cc1. The van der Waals surface area contributed by atoms with E-state index in [2.05, 4.69) is 10.3 Å². The van der Waals surface area contributed by atoms with Crippen molar-refractivity contribution in [3.05, 3.63) is 70.7 Å². The molecule has 27 heavy (non-hydrogen) atoms. The summed E-state index contributed by atoms with van der Waals surface area (Å²) in [6.07, 6.45) is 0. The van der Waals surface area contributed by atoms with Gasteiger partial charge in [0.15, 0.2) is 0 Å². The van der Waals surface area contributed by atoms with E-state index in [1.54, 1.807) is 30.8 Å². The molecule has 0 fully saturated rings. The van der Waals surface area contributed by atoms with Crippen LogP contribution in [0.15, 0.2) is 59.4 Å². The van der Waals surface area contributed by atoms with Crippen LogP contribution in [0.2, 0.25) is 0 Å². The number of carbonyl (C=O) groups excluding carboxylic acids is 1. The normalized spacial score (nSPS) is 10.3. The van der Waals surface area contributed by atoms with Crippen LogP contribution >= 0.6 is 11.3 Å². The number of nitrogens with zero attached hydrogens (tertiary/aromatic N) is 1. The number of methoxy groups -OCH3 is 1. The van der Waals surface area contributed by atoms with Crippen molar-refractivity contribution in [1.82, 2.24) is 10.3 Å². The average molecular weight is 384 g/mol. The maximum atomic E-state index is 12.3. The van der Waals surface area contributed by atoms with E-state index in [9.17, 15) is 4.79 Å². The molecule has 0 aliphatic carbocycles. The highest BCUT2D eigenvalue weighted by atomic mass is 32.1. The molecule has 0 spiro atoms. The Morgan fingerprint density at radius 1 is 1.07 bits per heavy atom. The summed E-state index contributed by atoms with van der Waals surface area (Å²) in [5.41, 5.74) is 3.16. The van der Waals surface area contributed by atoms with Crippen molar-refractivity contribution in [2.45, 2.75) is 6.61 Å². The Bertz CT molecular complexity index is 851. The van der Waals surface area contributed by atoms with Crippen molar-refractivity contribution in [2.75, 3.05) is 20.3 Å². The number of hydrogen-bond acceptors (Lipinski definition) is 6. The molecular formula is C20H20N2O4S. The number of carbonyl (C=O) groups is 1. The predicted octanol–water partition coefficient (Wildman–Crippen LogP) is 3.54. The minimum atomic E-state index is -0.174. The van der Waals surface area contributed by atoms with Crippen LogP contribution in [-0.2, 0) is 6.61 Å². The lowest BCUT2D eigenvalue weighted by molar-refractivity contribution is 0.0946. The second-order valence-corrected chi connectivity index (χ2v) is 6.29. The molecule has 0 bridgehead atoms. The quantitative estimate of drug-likeness (QED) is 0.572. The number of rotatable bonds is 9. The Balaban J connectivity index is 1.43. The minimum Gasteiger partial charge on any atom is -0.497 e. The molecule has 1 aromatic heterocycles. The molecule has 3 rings (SSSR count). The zero-order valence-electron chi connectivity index (χ0n) is 14.9. The fourth-order valence-corrected chi connectivity index (χ4v) is 2.84. The third kappa shape index (κ3) is 5.72. The molecule has 1 N–H and O–H groups in total. The van der Waals surface area contributed by atoms with Gasteiger partial charge in [0.05, 0.1) is 24.9 Å². The number of amides is 1. The van der Waals surface area contributed by atoms with E-state index >= 15 is 0 Å². The average Bonchev–Trinajstić information content (AvgIpc) is 3.24. The number of nitrogens with one attached hydrogen (secondary N) is 1. The molecule has 6 nitrogen and oxygen atoms in total. The fourth-order valence-electron chi connectivity index (χ4n) is 2.30. The Labute approximate surface area is 161 Å². The lowest BCUT2D eigenvalue weighted by atomic mass is 10.2. The van der Waals surface area contributed by atoms with Gasteiger partial charge in [0.1, 0.15) is 30.5 Å². The van der Waals surface area contributed by atoms with Crippen LogP contribution in [-0.4, -0.2) is 31.2 Å². The first-order valence-electron chi connectivity index (χ1n) is 8.39. The zero-order valence-corrected chi connectivity index (χ0v) is 15.7. The van der Waals surface area contributed by atoms with Gasteiger partial charge in [-0.2, -0.15) is 0 Å². The standard InChI is InChI=1S/C20H20N2O4S/c1-24-17-5-7-18(8-6-17)25-10-9-21-20(23)15-3-2-4-19(11-15)26-12-16-13-27-14-22-16/h2-8,11,13-14H,9-10,12H2,1H3,(H,21,23). The van der Waals surface area contributed by atoms with E-state index in [1.165, 1.54) is 11.3 Å². The topological polar surface area (TPSA) is 69.7 Å². The van der Waals surface area contributed by atoms with Crippen LogP contribution in [0.25, 0.3) is 0 Å². The highest BCUT2D eigenvalue weighted by Crippen LogP contribution is 2.17. The molecule has 1 amide bonds. The maximum absolute atomic E-state index is 12.3. The summed E-state index contributed by atoms with van der Waals surface area (Å²) >= 11 is 1.52. The molecule has 0 atom stereocenters. The second-order valence-electron chi connectivity index (χ2n) is 5.58. The minimum absolute atomic E-state index is 0.174. The van der Waals surface area contributed by atoms with Gasteiger partial charge in [-0.25, -0.2) is 4.98 Å². The Hall–Kier alpha value is -3.06. The predicted molar refractivity (Wildman–Crippen MR) is 104 cm³/mol. The molecule has 3 aromatic rings. The summed E-state index contributed by atoms with van der Waals surface area (Å²) in [5.74, 6) is 1.95. The van der Waals surface area contributed by atoms with Gasteiger partial charge >= 0.3 is 0 Å². The molecule has 1 heterocycles. The number of hydrogen-bond donors (Lipinski definition) is 1. The molecule has 7 heteroatoms. The second kappa shape index (κ2) is 9.59. The van der Waals surface area contributed by atoms with E-state index in [0.29, 0.717) is 31.1 Å². The Morgan fingerprint density at radius 3 is 2.63 bits per heavy atom. The number of ether oxygens (including phenoxy) is 3. The van der Waals surface area contributed by atoms with Crippen molar-refractivity contribution in [1.29, 1.82) is 0 Å². The van der Waals surface area contributed by atoms with Crippen LogP contribution in [0.3, 0.4) is 0 Å². The van der Waals surface area contributed by atoms with E-state index in [4.69, 9.17) is 14.2 Å². The van der Waals surface area contributed by atoms with Gasteiger partial charge in [0, 0.05) is 10.9 Å².